The van der Waals surface area contributed by atoms with Gasteiger partial charge in [-0.1, -0.05) is 13.0 Å². The highest BCUT2D eigenvalue weighted by molar-refractivity contribution is 7.80. The van der Waals surface area contributed by atoms with E-state index >= 15 is 0 Å². The predicted molar refractivity (Wildman–Crippen MR) is 150 cm³/mol. The number of carbonyl (C=O) groups is 1. The standard InChI is InChI=1S/C27H25N5O6S/c1-2-16-3-8-24-21(13-16)29-26(38-24)20-14-17(4-7-23(20)33)28-27(39)30-25(34)19-15-18(32(35)36)5-6-22(19)31-9-11-37-12-10-31/h3-8,13-15,33H,2,9-12H2,1H3,(H2,28,30,34,39). The van der Waals surface area contributed by atoms with Crippen LogP contribution in [0.4, 0.5) is 17.1 Å². The van der Waals surface area contributed by atoms with Gasteiger partial charge in [-0.25, -0.2) is 4.98 Å². The number of nitro groups is 1. The largest absolute Gasteiger partial charge is 0.507 e. The number of aromatic hydroxyl groups is 1. The van der Waals surface area contributed by atoms with Crippen molar-refractivity contribution in [1.29, 1.82) is 0 Å². The van der Waals surface area contributed by atoms with Crippen LogP contribution < -0.4 is 15.5 Å². The van der Waals surface area contributed by atoms with Crippen molar-refractivity contribution >= 4 is 51.4 Å². The zero-order valence-corrected chi connectivity index (χ0v) is 21.8. The molecule has 0 atom stereocenters. The lowest BCUT2D eigenvalue weighted by Crippen LogP contribution is -2.39. The van der Waals surface area contributed by atoms with Crippen LogP contribution in [0.3, 0.4) is 0 Å². The first kappa shape index (κ1) is 26.1. The number of rotatable bonds is 6. The molecule has 1 aliphatic rings. The van der Waals surface area contributed by atoms with Crippen LogP contribution in [0.15, 0.2) is 59.0 Å². The lowest BCUT2D eigenvalue weighted by atomic mass is 10.1. The van der Waals surface area contributed by atoms with E-state index in [1.807, 2.05) is 30.0 Å². The van der Waals surface area contributed by atoms with Gasteiger partial charge in [-0.3, -0.25) is 20.2 Å². The summed E-state index contributed by atoms with van der Waals surface area (Å²) in [5, 5.41) is 27.3. The maximum Gasteiger partial charge on any atom is 0.270 e. The van der Waals surface area contributed by atoms with E-state index in [1.165, 1.54) is 18.2 Å². The van der Waals surface area contributed by atoms with Crippen molar-refractivity contribution < 1.29 is 24.0 Å². The van der Waals surface area contributed by atoms with Crippen LogP contribution in [-0.4, -0.2) is 52.3 Å². The van der Waals surface area contributed by atoms with Crippen molar-refractivity contribution in [3.63, 3.8) is 0 Å². The van der Waals surface area contributed by atoms with Gasteiger partial charge in [0.2, 0.25) is 5.89 Å². The molecule has 2 heterocycles. The normalized spacial score (nSPS) is 13.3. The summed E-state index contributed by atoms with van der Waals surface area (Å²) in [7, 11) is 0. The van der Waals surface area contributed by atoms with Gasteiger partial charge in [0.25, 0.3) is 11.6 Å². The second kappa shape index (κ2) is 11.1. The molecule has 1 aliphatic heterocycles. The molecule has 39 heavy (non-hydrogen) atoms. The molecule has 11 nitrogen and oxygen atoms in total. The van der Waals surface area contributed by atoms with E-state index in [2.05, 4.69) is 15.6 Å². The number of benzene rings is 3. The lowest BCUT2D eigenvalue weighted by molar-refractivity contribution is -0.384. The quantitative estimate of drug-likeness (QED) is 0.135. The number of hydrogen-bond acceptors (Lipinski definition) is 9. The summed E-state index contributed by atoms with van der Waals surface area (Å²) in [6, 6.07) is 14.6. The number of carbonyl (C=O) groups excluding carboxylic acids is 1. The molecule has 0 unspecified atom stereocenters. The summed E-state index contributed by atoms with van der Waals surface area (Å²) in [4.78, 5) is 30.5. The van der Waals surface area contributed by atoms with Crippen LogP contribution in [0.5, 0.6) is 5.75 Å². The van der Waals surface area contributed by atoms with E-state index in [0.29, 0.717) is 54.3 Å². The second-order valence-electron chi connectivity index (χ2n) is 8.87. The third-order valence-electron chi connectivity index (χ3n) is 6.36. The summed E-state index contributed by atoms with van der Waals surface area (Å²) in [6.45, 7) is 4.12. The molecular formula is C27H25N5O6S. The van der Waals surface area contributed by atoms with E-state index in [9.17, 15) is 20.0 Å². The number of hydrogen-bond donors (Lipinski definition) is 3. The van der Waals surface area contributed by atoms with E-state index in [4.69, 9.17) is 21.4 Å². The van der Waals surface area contributed by atoms with Crippen LogP contribution in [0.25, 0.3) is 22.6 Å². The molecule has 3 N–H and O–H groups in total. The Kier molecular flexibility index (Phi) is 7.39. The average molecular weight is 548 g/mol. The van der Waals surface area contributed by atoms with Crippen LogP contribution in [-0.2, 0) is 11.2 Å². The number of ether oxygens (including phenoxy) is 1. The van der Waals surface area contributed by atoms with Crippen molar-refractivity contribution in [2.75, 3.05) is 36.5 Å². The van der Waals surface area contributed by atoms with E-state index in [-0.39, 0.29) is 28.0 Å². The number of fused-ring (bicyclic) bond motifs is 1. The Bertz CT molecular complexity index is 1580. The fraction of sp³-hybridized carbons (Fsp3) is 0.222. The van der Waals surface area contributed by atoms with Gasteiger partial charge in [0, 0.05) is 30.9 Å². The molecule has 0 aliphatic carbocycles. The smallest absolute Gasteiger partial charge is 0.270 e. The second-order valence-corrected chi connectivity index (χ2v) is 9.28. The number of anilines is 2. The number of nitrogens with one attached hydrogen (secondary N) is 2. The Morgan fingerprint density at radius 2 is 1.95 bits per heavy atom. The molecular weight excluding hydrogens is 522 g/mol. The van der Waals surface area contributed by atoms with Gasteiger partial charge in [0.15, 0.2) is 10.7 Å². The number of nitrogens with zero attached hydrogens (tertiary/aromatic N) is 3. The molecule has 4 aromatic rings. The number of non-ortho nitro benzene ring substituents is 1. The number of phenolic OH excluding ortho intramolecular Hbond substituents is 1. The van der Waals surface area contributed by atoms with Crippen molar-refractivity contribution in [3.05, 3.63) is 75.8 Å². The van der Waals surface area contributed by atoms with Gasteiger partial charge >= 0.3 is 0 Å². The molecule has 0 radical (unpaired) electrons. The van der Waals surface area contributed by atoms with E-state index in [1.54, 1.807) is 18.2 Å². The van der Waals surface area contributed by atoms with Crippen LogP contribution in [0, 0.1) is 10.1 Å². The van der Waals surface area contributed by atoms with Gasteiger partial charge in [0.1, 0.15) is 11.3 Å². The van der Waals surface area contributed by atoms with Crippen LogP contribution in [0.2, 0.25) is 0 Å². The number of aromatic nitrogens is 1. The summed E-state index contributed by atoms with van der Waals surface area (Å²) in [5.74, 6) is -0.395. The van der Waals surface area contributed by atoms with Gasteiger partial charge in [-0.05, 0) is 60.6 Å². The third kappa shape index (κ3) is 5.66. The van der Waals surface area contributed by atoms with Gasteiger partial charge in [0.05, 0.1) is 35.0 Å². The highest BCUT2D eigenvalue weighted by Crippen LogP contribution is 2.33. The fourth-order valence-corrected chi connectivity index (χ4v) is 4.54. The Balaban J connectivity index is 1.35. The molecule has 1 fully saturated rings. The number of morpholine rings is 1. The number of nitro benzene ring substituents is 1. The van der Waals surface area contributed by atoms with Gasteiger partial charge in [-0.15, -0.1) is 0 Å². The molecule has 0 spiro atoms. The van der Waals surface area contributed by atoms with E-state index < -0.39 is 10.8 Å². The summed E-state index contributed by atoms with van der Waals surface area (Å²) in [6.07, 6.45) is 0.857. The average Bonchev–Trinajstić information content (AvgIpc) is 3.37. The zero-order chi connectivity index (χ0) is 27.5. The Labute approximate surface area is 228 Å². The first-order valence-electron chi connectivity index (χ1n) is 12.3. The van der Waals surface area contributed by atoms with E-state index in [0.717, 1.165) is 12.0 Å². The third-order valence-corrected chi connectivity index (χ3v) is 6.56. The highest BCUT2D eigenvalue weighted by atomic mass is 32.1. The molecule has 5 rings (SSSR count). The number of phenols is 1. The van der Waals surface area contributed by atoms with Crippen molar-refractivity contribution in [1.82, 2.24) is 10.3 Å². The number of thiocarbonyl (C=S) groups is 1. The number of amides is 1. The number of aryl methyl sites for hydroxylation is 1. The Morgan fingerprint density at radius 3 is 2.69 bits per heavy atom. The number of oxazole rings is 1. The van der Waals surface area contributed by atoms with Crippen molar-refractivity contribution in [2.24, 2.45) is 0 Å². The Hall–Kier alpha value is -4.55. The zero-order valence-electron chi connectivity index (χ0n) is 21.0. The maximum atomic E-state index is 13.2. The predicted octanol–water partition coefficient (Wildman–Crippen LogP) is 4.63. The summed E-state index contributed by atoms with van der Waals surface area (Å²) >= 11 is 5.36. The molecule has 12 heteroatoms. The van der Waals surface area contributed by atoms with Crippen LogP contribution >= 0.6 is 12.2 Å². The molecule has 0 saturated carbocycles. The Morgan fingerprint density at radius 1 is 1.15 bits per heavy atom. The lowest BCUT2D eigenvalue weighted by Gasteiger charge is -2.30. The van der Waals surface area contributed by atoms with Crippen molar-refractivity contribution in [2.45, 2.75) is 13.3 Å². The minimum absolute atomic E-state index is 0.0266. The van der Waals surface area contributed by atoms with Crippen LogP contribution in [0.1, 0.15) is 22.8 Å². The highest BCUT2D eigenvalue weighted by Gasteiger charge is 2.23. The minimum Gasteiger partial charge on any atom is -0.507 e. The SMILES string of the molecule is CCc1ccc2oc(-c3cc(NC(=S)NC(=O)c4cc([N+](=O)[O-])ccc4N4CCOCC4)ccc3O)nc2c1. The fourth-order valence-electron chi connectivity index (χ4n) is 4.33. The minimum atomic E-state index is -0.595. The summed E-state index contributed by atoms with van der Waals surface area (Å²) < 4.78 is 11.2. The first-order chi connectivity index (χ1) is 18.8. The first-order valence-corrected chi connectivity index (χ1v) is 12.7. The summed E-state index contributed by atoms with van der Waals surface area (Å²) in [5.41, 5.74) is 3.67. The molecule has 1 aromatic heterocycles. The van der Waals surface area contributed by atoms with Crippen molar-refractivity contribution in [3.8, 4) is 17.2 Å². The molecule has 1 saturated heterocycles. The van der Waals surface area contributed by atoms with Gasteiger partial charge < -0.3 is 24.5 Å². The molecule has 200 valence electrons. The topological polar surface area (TPSA) is 143 Å². The monoisotopic (exact) mass is 547 g/mol. The molecule has 3 aromatic carbocycles. The molecule has 0 bridgehead atoms. The molecule has 1 amide bonds. The maximum absolute atomic E-state index is 13.2. The van der Waals surface area contributed by atoms with Gasteiger partial charge in [-0.2, -0.15) is 0 Å².